The van der Waals surface area contributed by atoms with Crippen LogP contribution in [0.1, 0.15) is 17.5 Å². The number of ether oxygens (including phenoxy) is 1. The van der Waals surface area contributed by atoms with Crippen molar-refractivity contribution in [2.45, 2.75) is 25.2 Å². The van der Waals surface area contributed by atoms with Gasteiger partial charge >= 0.3 is 0 Å². The van der Waals surface area contributed by atoms with Crippen LogP contribution in [0, 0.1) is 13.8 Å². The molecule has 0 spiro atoms. The first kappa shape index (κ1) is 21.0. The lowest BCUT2D eigenvalue weighted by Gasteiger charge is -2.06. The van der Waals surface area contributed by atoms with Crippen LogP contribution in [0.3, 0.4) is 0 Å². The number of sulfone groups is 1. The molecule has 0 radical (unpaired) electrons. The van der Waals surface area contributed by atoms with Gasteiger partial charge in [0.15, 0.2) is 15.0 Å². The second-order valence-corrected chi connectivity index (χ2v) is 9.60. The maximum absolute atomic E-state index is 12.4. The van der Waals surface area contributed by atoms with Gasteiger partial charge < -0.3 is 10.1 Å². The Bertz CT molecular complexity index is 1120. The summed E-state index contributed by atoms with van der Waals surface area (Å²) in [5.74, 6) is -0.0892. The Kier molecular flexibility index (Phi) is 6.34. The fraction of sp³-hybridized carbons (Fsp3) is 0.238. The van der Waals surface area contributed by atoms with Gasteiger partial charge in [0.25, 0.3) is 0 Å². The predicted octanol–water partition coefficient (Wildman–Crippen LogP) is 4.24. The van der Waals surface area contributed by atoms with E-state index in [1.165, 1.54) is 41.7 Å². The average Bonchev–Trinajstić information content (AvgIpc) is 3.17. The summed E-state index contributed by atoms with van der Waals surface area (Å²) >= 11 is 1.31. The molecule has 0 saturated carbocycles. The first-order valence-electron chi connectivity index (χ1n) is 8.98. The molecule has 2 aromatic carbocycles. The molecule has 3 rings (SSSR count). The van der Waals surface area contributed by atoms with Crippen molar-refractivity contribution in [1.29, 1.82) is 0 Å². The number of rotatable bonds is 7. The molecule has 0 atom stereocenters. The summed E-state index contributed by atoms with van der Waals surface area (Å²) in [5.41, 5.74) is 4.13. The van der Waals surface area contributed by atoms with Crippen LogP contribution in [0.25, 0.3) is 11.3 Å². The number of anilines is 1. The van der Waals surface area contributed by atoms with Crippen LogP contribution in [-0.4, -0.2) is 32.2 Å². The number of carbonyl (C=O) groups excluding carboxylic acids is 1. The first-order chi connectivity index (χ1) is 13.8. The highest BCUT2D eigenvalue weighted by Crippen LogP contribution is 2.26. The van der Waals surface area contributed by atoms with Crippen LogP contribution in [0.2, 0.25) is 0 Å². The zero-order valence-corrected chi connectivity index (χ0v) is 18.1. The number of nitrogens with zero attached hydrogens (tertiary/aromatic N) is 1. The van der Waals surface area contributed by atoms with Crippen LogP contribution in [0.5, 0.6) is 5.75 Å². The van der Waals surface area contributed by atoms with E-state index in [0.717, 1.165) is 11.3 Å². The van der Waals surface area contributed by atoms with Gasteiger partial charge in [0.1, 0.15) is 5.75 Å². The summed E-state index contributed by atoms with van der Waals surface area (Å²) in [7, 11) is -2.04. The summed E-state index contributed by atoms with van der Waals surface area (Å²) in [6.45, 7) is 4.09. The third-order valence-corrected chi connectivity index (χ3v) is 7.06. The Morgan fingerprint density at radius 3 is 2.48 bits per heavy atom. The number of amides is 1. The van der Waals surface area contributed by atoms with Gasteiger partial charge in [-0.1, -0.05) is 12.1 Å². The van der Waals surface area contributed by atoms with Crippen molar-refractivity contribution in [1.82, 2.24) is 4.98 Å². The minimum absolute atomic E-state index is 0.146. The van der Waals surface area contributed by atoms with Crippen LogP contribution in [0.15, 0.2) is 52.7 Å². The molecule has 6 nitrogen and oxygen atoms in total. The topological polar surface area (TPSA) is 85.4 Å². The molecule has 0 fully saturated rings. The standard InChI is InChI=1S/C21H22N2O4S2/c1-14-4-5-16(12-15(14)2)19-13-28-21(22-19)23-20(24)10-11-29(25,26)18-8-6-17(27-3)7-9-18/h4-9,12-13H,10-11H2,1-3H3,(H,22,23,24). The van der Waals surface area contributed by atoms with Crippen LogP contribution >= 0.6 is 11.3 Å². The zero-order chi connectivity index (χ0) is 21.0. The molecule has 1 N–H and O–H groups in total. The maximum Gasteiger partial charge on any atom is 0.227 e. The molecule has 8 heteroatoms. The number of nitrogens with one attached hydrogen (secondary N) is 1. The molecule has 1 aromatic heterocycles. The highest BCUT2D eigenvalue weighted by atomic mass is 32.2. The predicted molar refractivity (Wildman–Crippen MR) is 115 cm³/mol. The number of aryl methyl sites for hydroxylation is 2. The van der Waals surface area contributed by atoms with Crippen molar-refractivity contribution < 1.29 is 17.9 Å². The summed E-state index contributed by atoms with van der Waals surface area (Å²) in [6, 6.07) is 12.2. The highest BCUT2D eigenvalue weighted by Gasteiger charge is 2.17. The van der Waals surface area contributed by atoms with Gasteiger partial charge in [-0.3, -0.25) is 4.79 Å². The fourth-order valence-electron chi connectivity index (χ4n) is 2.67. The number of hydrogen-bond acceptors (Lipinski definition) is 6. The Hall–Kier alpha value is -2.71. The van der Waals surface area contributed by atoms with Crippen LogP contribution in [0.4, 0.5) is 5.13 Å². The molecule has 152 valence electrons. The lowest BCUT2D eigenvalue weighted by molar-refractivity contribution is -0.115. The van der Waals surface area contributed by atoms with Crippen molar-refractivity contribution >= 4 is 32.2 Å². The van der Waals surface area contributed by atoms with Crippen LogP contribution in [-0.2, 0) is 14.6 Å². The summed E-state index contributed by atoms with van der Waals surface area (Å²) in [4.78, 5) is 16.8. The molecule has 0 bridgehead atoms. The molecule has 0 aliphatic carbocycles. The van der Waals surface area contributed by atoms with E-state index in [-0.39, 0.29) is 23.0 Å². The minimum Gasteiger partial charge on any atom is -0.497 e. The third-order valence-electron chi connectivity index (χ3n) is 4.57. The van der Waals surface area contributed by atoms with E-state index in [0.29, 0.717) is 10.9 Å². The van der Waals surface area contributed by atoms with Gasteiger partial charge in [-0.05, 0) is 55.3 Å². The number of thiazole rings is 1. The summed E-state index contributed by atoms with van der Waals surface area (Å²) in [6.07, 6.45) is -0.146. The van der Waals surface area contributed by atoms with Gasteiger partial charge in [0.2, 0.25) is 5.91 Å². The lowest BCUT2D eigenvalue weighted by Crippen LogP contribution is -2.17. The minimum atomic E-state index is -3.55. The highest BCUT2D eigenvalue weighted by molar-refractivity contribution is 7.91. The third kappa shape index (κ3) is 5.21. The largest absolute Gasteiger partial charge is 0.497 e. The summed E-state index contributed by atoms with van der Waals surface area (Å²) < 4.78 is 29.8. The van der Waals surface area contributed by atoms with E-state index in [1.54, 1.807) is 12.1 Å². The van der Waals surface area contributed by atoms with Gasteiger partial charge in [-0.25, -0.2) is 13.4 Å². The summed E-state index contributed by atoms with van der Waals surface area (Å²) in [5, 5.41) is 5.00. The van der Waals surface area contributed by atoms with Crippen molar-refractivity contribution in [3.8, 4) is 17.0 Å². The van der Waals surface area contributed by atoms with Gasteiger partial charge in [-0.15, -0.1) is 11.3 Å². The Labute approximate surface area is 174 Å². The van der Waals surface area contributed by atoms with E-state index in [4.69, 9.17) is 4.74 Å². The number of hydrogen-bond donors (Lipinski definition) is 1. The molecule has 1 amide bonds. The second-order valence-electron chi connectivity index (χ2n) is 6.63. The SMILES string of the molecule is COc1ccc(S(=O)(=O)CCC(=O)Nc2nc(-c3ccc(C)c(C)c3)cs2)cc1. The molecule has 1 heterocycles. The maximum atomic E-state index is 12.4. The Morgan fingerprint density at radius 1 is 1.10 bits per heavy atom. The number of carbonyl (C=O) groups is 1. The normalized spacial score (nSPS) is 11.3. The van der Waals surface area contributed by atoms with E-state index >= 15 is 0 Å². The van der Waals surface area contributed by atoms with E-state index in [2.05, 4.69) is 16.4 Å². The molecule has 0 saturated heterocycles. The molecule has 0 aliphatic heterocycles. The Morgan fingerprint density at radius 2 is 1.83 bits per heavy atom. The van der Waals surface area contributed by atoms with Crippen molar-refractivity contribution in [2.75, 3.05) is 18.2 Å². The Balaban J connectivity index is 1.60. The molecule has 29 heavy (non-hydrogen) atoms. The van der Waals surface area contributed by atoms with E-state index < -0.39 is 9.84 Å². The van der Waals surface area contributed by atoms with Crippen molar-refractivity contribution in [2.24, 2.45) is 0 Å². The molecular weight excluding hydrogens is 408 g/mol. The van der Waals surface area contributed by atoms with Crippen molar-refractivity contribution in [3.05, 3.63) is 59.0 Å². The molecule has 0 aliphatic rings. The smallest absolute Gasteiger partial charge is 0.227 e. The van der Waals surface area contributed by atoms with E-state index in [9.17, 15) is 13.2 Å². The average molecular weight is 431 g/mol. The number of aromatic nitrogens is 1. The van der Waals surface area contributed by atoms with Gasteiger partial charge in [-0.2, -0.15) is 0 Å². The zero-order valence-electron chi connectivity index (χ0n) is 16.4. The number of benzene rings is 2. The molecular formula is C21H22N2O4S2. The second kappa shape index (κ2) is 8.75. The van der Waals surface area contributed by atoms with Gasteiger partial charge in [0, 0.05) is 17.4 Å². The number of methoxy groups -OCH3 is 1. The van der Waals surface area contributed by atoms with Gasteiger partial charge in [0.05, 0.1) is 23.5 Å². The fourth-order valence-corrected chi connectivity index (χ4v) is 4.65. The van der Waals surface area contributed by atoms with Crippen LogP contribution < -0.4 is 10.1 Å². The first-order valence-corrected chi connectivity index (χ1v) is 11.5. The molecule has 3 aromatic rings. The lowest BCUT2D eigenvalue weighted by atomic mass is 10.1. The molecule has 0 unspecified atom stereocenters. The van der Waals surface area contributed by atoms with Crippen molar-refractivity contribution in [3.63, 3.8) is 0 Å². The monoisotopic (exact) mass is 430 g/mol. The quantitative estimate of drug-likeness (QED) is 0.606. The van der Waals surface area contributed by atoms with E-state index in [1.807, 2.05) is 31.4 Å².